The minimum absolute atomic E-state index is 0.0396. The summed E-state index contributed by atoms with van der Waals surface area (Å²) in [6.45, 7) is 5.36. The molecule has 0 spiro atoms. The second kappa shape index (κ2) is 6.92. The van der Waals surface area contributed by atoms with Crippen LogP contribution in [-0.4, -0.2) is 13.1 Å². The summed E-state index contributed by atoms with van der Waals surface area (Å²) in [6.07, 6.45) is 0. The van der Waals surface area contributed by atoms with E-state index in [1.807, 2.05) is 25.1 Å². The fourth-order valence-corrected chi connectivity index (χ4v) is 2.88. The van der Waals surface area contributed by atoms with Crippen molar-refractivity contribution in [3.8, 4) is 0 Å². The maximum absolute atomic E-state index is 13.1. The van der Waals surface area contributed by atoms with Crippen LogP contribution in [0.2, 0.25) is 5.02 Å². The predicted molar refractivity (Wildman–Crippen MR) is 87.4 cm³/mol. The van der Waals surface area contributed by atoms with Gasteiger partial charge in [-0.15, -0.1) is 0 Å². The fraction of sp³-hybridized carbons (Fsp3) is 0.294. The molecule has 0 heterocycles. The Morgan fingerprint density at radius 2 is 1.86 bits per heavy atom. The van der Waals surface area contributed by atoms with Crippen molar-refractivity contribution < 1.29 is 4.39 Å². The summed E-state index contributed by atoms with van der Waals surface area (Å²) in [6, 6.07) is 12.4. The van der Waals surface area contributed by atoms with Gasteiger partial charge in [0.2, 0.25) is 0 Å². The molecule has 2 rings (SSSR count). The first-order valence-electron chi connectivity index (χ1n) is 7.05. The van der Waals surface area contributed by atoms with Crippen LogP contribution in [0, 0.1) is 12.7 Å². The maximum Gasteiger partial charge on any atom is 0.123 e. The number of likely N-dealkylation sites (N-methyl/N-ethyl adjacent to an activating group) is 1. The third-order valence-corrected chi connectivity index (χ3v) is 3.92. The molecule has 2 nitrogen and oxygen atoms in total. The highest BCUT2D eigenvalue weighted by Gasteiger charge is 2.20. The summed E-state index contributed by atoms with van der Waals surface area (Å²) in [5, 5.41) is 0.719. The number of aryl methyl sites for hydroxylation is 1. The van der Waals surface area contributed by atoms with E-state index in [0.29, 0.717) is 6.54 Å². The van der Waals surface area contributed by atoms with Crippen LogP contribution in [0.15, 0.2) is 42.5 Å². The number of benzene rings is 2. The summed E-state index contributed by atoms with van der Waals surface area (Å²) in [4.78, 5) is 2.18. The molecule has 112 valence electrons. The van der Waals surface area contributed by atoms with Gasteiger partial charge in [-0.3, -0.25) is 0 Å². The molecule has 1 unspecified atom stereocenters. The highest BCUT2D eigenvalue weighted by molar-refractivity contribution is 6.30. The lowest BCUT2D eigenvalue weighted by atomic mass is 9.99. The van der Waals surface area contributed by atoms with Crippen LogP contribution in [-0.2, 0) is 0 Å². The SMILES string of the molecule is CCN(c1ccc(F)cc1)C(CN)c1ccc(Cl)cc1C. The van der Waals surface area contributed by atoms with Crippen LogP contribution in [0.25, 0.3) is 0 Å². The van der Waals surface area contributed by atoms with E-state index in [-0.39, 0.29) is 11.9 Å². The number of halogens is 2. The van der Waals surface area contributed by atoms with E-state index in [0.717, 1.165) is 28.4 Å². The van der Waals surface area contributed by atoms with Gasteiger partial charge in [-0.1, -0.05) is 17.7 Å². The summed E-state index contributed by atoms with van der Waals surface area (Å²) < 4.78 is 13.1. The first-order chi connectivity index (χ1) is 10.1. The van der Waals surface area contributed by atoms with Gasteiger partial charge >= 0.3 is 0 Å². The molecular weight excluding hydrogens is 287 g/mol. The van der Waals surface area contributed by atoms with Crippen LogP contribution in [0.1, 0.15) is 24.1 Å². The minimum atomic E-state index is -0.234. The van der Waals surface area contributed by atoms with Gasteiger partial charge in [-0.05, 0) is 61.4 Å². The Morgan fingerprint density at radius 3 is 2.38 bits per heavy atom. The predicted octanol–water partition coefficient (Wildman–Crippen LogP) is 4.31. The van der Waals surface area contributed by atoms with Crippen LogP contribution in [0.4, 0.5) is 10.1 Å². The van der Waals surface area contributed by atoms with E-state index in [1.165, 1.54) is 12.1 Å². The quantitative estimate of drug-likeness (QED) is 0.891. The van der Waals surface area contributed by atoms with Crippen molar-refractivity contribution in [1.29, 1.82) is 0 Å². The summed E-state index contributed by atoms with van der Waals surface area (Å²) in [5.74, 6) is -0.234. The topological polar surface area (TPSA) is 29.3 Å². The second-order valence-electron chi connectivity index (χ2n) is 5.01. The summed E-state index contributed by atoms with van der Waals surface area (Å²) >= 11 is 6.03. The van der Waals surface area contributed by atoms with Crippen LogP contribution in [0.5, 0.6) is 0 Å². The zero-order valence-corrected chi connectivity index (χ0v) is 13.1. The number of nitrogens with zero attached hydrogens (tertiary/aromatic N) is 1. The third-order valence-electron chi connectivity index (χ3n) is 3.69. The zero-order valence-electron chi connectivity index (χ0n) is 12.3. The summed E-state index contributed by atoms with van der Waals surface area (Å²) in [7, 11) is 0. The zero-order chi connectivity index (χ0) is 15.4. The van der Waals surface area contributed by atoms with Gasteiger partial charge in [-0.25, -0.2) is 4.39 Å². The largest absolute Gasteiger partial charge is 0.363 e. The molecule has 0 aromatic heterocycles. The molecule has 2 aromatic rings. The average molecular weight is 307 g/mol. The normalized spacial score (nSPS) is 12.2. The van der Waals surface area contributed by atoms with E-state index < -0.39 is 0 Å². The monoisotopic (exact) mass is 306 g/mol. The average Bonchev–Trinajstić information content (AvgIpc) is 2.47. The first kappa shape index (κ1) is 15.8. The molecule has 2 N–H and O–H groups in total. The maximum atomic E-state index is 13.1. The highest BCUT2D eigenvalue weighted by Crippen LogP contribution is 2.29. The lowest BCUT2D eigenvalue weighted by molar-refractivity contribution is 0.621. The summed E-state index contributed by atoms with van der Waals surface area (Å²) in [5.41, 5.74) is 9.22. The van der Waals surface area contributed by atoms with Gasteiger partial charge in [0.15, 0.2) is 0 Å². The third kappa shape index (κ3) is 3.55. The lowest BCUT2D eigenvalue weighted by Crippen LogP contribution is -2.34. The Bertz CT molecular complexity index is 598. The number of anilines is 1. The molecule has 0 radical (unpaired) electrons. The van der Waals surface area contributed by atoms with E-state index >= 15 is 0 Å². The van der Waals surface area contributed by atoms with Crippen molar-refractivity contribution in [3.63, 3.8) is 0 Å². The number of hydrogen-bond donors (Lipinski definition) is 1. The van der Waals surface area contributed by atoms with E-state index in [1.54, 1.807) is 12.1 Å². The number of nitrogens with two attached hydrogens (primary N) is 1. The number of rotatable bonds is 5. The van der Waals surface area contributed by atoms with Crippen molar-refractivity contribution in [3.05, 3.63) is 64.4 Å². The Balaban J connectivity index is 2.39. The smallest absolute Gasteiger partial charge is 0.123 e. The van der Waals surface area contributed by atoms with Gasteiger partial charge < -0.3 is 10.6 Å². The Kier molecular flexibility index (Phi) is 5.21. The van der Waals surface area contributed by atoms with Crippen molar-refractivity contribution in [2.24, 2.45) is 5.73 Å². The highest BCUT2D eigenvalue weighted by atomic mass is 35.5. The van der Waals surface area contributed by atoms with Crippen LogP contribution in [0.3, 0.4) is 0 Å². The first-order valence-corrected chi connectivity index (χ1v) is 7.43. The fourth-order valence-electron chi connectivity index (χ4n) is 2.65. The van der Waals surface area contributed by atoms with Gasteiger partial charge in [0.25, 0.3) is 0 Å². The van der Waals surface area contributed by atoms with Crippen molar-refractivity contribution in [2.45, 2.75) is 19.9 Å². The van der Waals surface area contributed by atoms with Gasteiger partial charge in [0.1, 0.15) is 5.82 Å². The minimum Gasteiger partial charge on any atom is -0.363 e. The van der Waals surface area contributed by atoms with Gasteiger partial charge in [0, 0.05) is 23.8 Å². The molecule has 0 aliphatic rings. The Labute approximate surface area is 130 Å². The molecule has 0 amide bonds. The van der Waals surface area contributed by atoms with E-state index in [4.69, 9.17) is 17.3 Å². The molecule has 0 bridgehead atoms. The molecule has 0 saturated carbocycles. The Morgan fingerprint density at radius 1 is 1.19 bits per heavy atom. The molecule has 4 heteroatoms. The molecule has 0 fully saturated rings. The number of hydrogen-bond acceptors (Lipinski definition) is 2. The van der Waals surface area contributed by atoms with Crippen molar-refractivity contribution in [2.75, 3.05) is 18.0 Å². The van der Waals surface area contributed by atoms with Gasteiger partial charge in [-0.2, -0.15) is 0 Å². The van der Waals surface area contributed by atoms with Crippen molar-refractivity contribution in [1.82, 2.24) is 0 Å². The molecule has 2 aromatic carbocycles. The molecule has 0 aliphatic carbocycles. The molecular formula is C17H20ClFN2. The second-order valence-corrected chi connectivity index (χ2v) is 5.45. The molecule has 1 atom stereocenters. The van der Waals surface area contributed by atoms with E-state index in [2.05, 4.69) is 11.8 Å². The lowest BCUT2D eigenvalue weighted by Gasteiger charge is -2.33. The van der Waals surface area contributed by atoms with Gasteiger partial charge in [0.05, 0.1) is 6.04 Å². The standard InChI is InChI=1S/C17H20ClFN2/c1-3-21(15-7-5-14(19)6-8-15)17(11-20)16-9-4-13(18)10-12(16)2/h4-10,17H,3,11,20H2,1-2H3. The molecule has 0 aliphatic heterocycles. The van der Waals surface area contributed by atoms with Crippen LogP contribution >= 0.6 is 11.6 Å². The van der Waals surface area contributed by atoms with E-state index in [9.17, 15) is 4.39 Å². The molecule has 21 heavy (non-hydrogen) atoms. The van der Waals surface area contributed by atoms with Crippen molar-refractivity contribution >= 4 is 17.3 Å². The Hall–Kier alpha value is -1.58. The van der Waals surface area contributed by atoms with Crippen LogP contribution < -0.4 is 10.6 Å². The molecule has 0 saturated heterocycles.